The van der Waals surface area contributed by atoms with E-state index in [0.717, 1.165) is 16.4 Å². The molecule has 2 aromatic heterocycles. The largest absolute Gasteiger partial charge is 0.481 e. The Morgan fingerprint density at radius 1 is 1.37 bits per heavy atom. The number of aryl methyl sites for hydroxylation is 1. The number of fused-ring (bicyclic) bond motifs is 1. The average Bonchev–Trinajstić information content (AvgIpc) is 3.50. The van der Waals surface area contributed by atoms with Gasteiger partial charge in [-0.15, -0.1) is 28.2 Å². The van der Waals surface area contributed by atoms with Crippen LogP contribution in [0.5, 0.6) is 0 Å². The summed E-state index contributed by atoms with van der Waals surface area (Å²) in [6.07, 6.45) is 0. The number of β-lactam (4-membered cyclic amide) rings is 1. The van der Waals surface area contributed by atoms with E-state index in [1.54, 1.807) is 17.5 Å². The maximum Gasteiger partial charge on any atom is 0.313 e. The first-order chi connectivity index (χ1) is 16.6. The van der Waals surface area contributed by atoms with Crippen LogP contribution in [0.25, 0.3) is 0 Å². The van der Waals surface area contributed by atoms with Gasteiger partial charge in [0.15, 0.2) is 0 Å². The lowest BCUT2D eigenvalue weighted by Gasteiger charge is -2.55. The molecule has 2 aliphatic heterocycles. The van der Waals surface area contributed by atoms with Gasteiger partial charge in [-0.05, 0) is 27.9 Å². The Hall–Kier alpha value is -2.25. The lowest BCUT2D eigenvalue weighted by molar-refractivity contribution is -0.156. The number of tetrazole rings is 1. The summed E-state index contributed by atoms with van der Waals surface area (Å²) in [7, 11) is -4.24. The smallest absolute Gasteiger partial charge is 0.313 e. The highest BCUT2D eigenvalue weighted by molar-refractivity contribution is 8.00. The van der Waals surface area contributed by atoms with E-state index in [1.165, 1.54) is 32.9 Å². The monoisotopic (exact) mass is 564 g/mol. The van der Waals surface area contributed by atoms with Crippen molar-refractivity contribution >= 4 is 67.8 Å². The molecule has 190 valence electrons. The second kappa shape index (κ2) is 10.0. The maximum atomic E-state index is 13.1. The van der Waals surface area contributed by atoms with Gasteiger partial charge in [0.05, 0.1) is 17.3 Å². The van der Waals surface area contributed by atoms with E-state index in [0.29, 0.717) is 5.00 Å². The van der Waals surface area contributed by atoms with E-state index in [-0.39, 0.29) is 29.8 Å². The Bertz CT molecular complexity index is 1220. The van der Waals surface area contributed by atoms with Crippen molar-refractivity contribution < 1.29 is 37.6 Å². The summed E-state index contributed by atoms with van der Waals surface area (Å²) in [5.74, 6) is -2.62. The van der Waals surface area contributed by atoms with Crippen LogP contribution in [0.2, 0.25) is 0 Å². The molecule has 3 atom stereocenters. The topological polar surface area (TPSA) is 196 Å². The zero-order chi connectivity index (χ0) is 25.4. The molecule has 2 aromatic rings. The number of amides is 2. The SMILES string of the molecule is O=C(CO)N(c1cccs1)C1C(=O)N2CC(CSc3nnnn3CCS(=O)(=O)O)(C(=O)O)CS[C@H]12. The molecule has 14 nitrogen and oxygen atoms in total. The summed E-state index contributed by atoms with van der Waals surface area (Å²) >= 11 is 3.49. The fourth-order valence-corrected chi connectivity index (χ4v) is 7.72. The van der Waals surface area contributed by atoms with Crippen LogP contribution in [0.3, 0.4) is 0 Å². The third kappa shape index (κ3) is 5.17. The van der Waals surface area contributed by atoms with E-state index >= 15 is 0 Å². The van der Waals surface area contributed by atoms with E-state index in [2.05, 4.69) is 15.5 Å². The molecule has 4 rings (SSSR count). The number of hydrogen-bond acceptors (Lipinski definition) is 12. The molecule has 35 heavy (non-hydrogen) atoms. The van der Waals surface area contributed by atoms with Gasteiger partial charge in [-0.2, -0.15) is 8.42 Å². The van der Waals surface area contributed by atoms with Crippen molar-refractivity contribution in [3.05, 3.63) is 17.5 Å². The molecule has 0 radical (unpaired) electrons. The third-order valence-electron chi connectivity index (χ3n) is 5.53. The number of rotatable bonds is 10. The molecule has 18 heteroatoms. The molecule has 2 fully saturated rings. The van der Waals surface area contributed by atoms with Crippen LogP contribution in [-0.4, -0.2) is 108 Å². The molecule has 0 aromatic carbocycles. The lowest BCUT2D eigenvalue weighted by Crippen LogP contribution is -2.75. The van der Waals surface area contributed by atoms with Crippen LogP contribution < -0.4 is 4.90 Å². The fourth-order valence-electron chi connectivity index (χ4n) is 3.73. The number of anilines is 1. The molecule has 0 saturated carbocycles. The second-order valence-corrected chi connectivity index (χ2v) is 12.4. The van der Waals surface area contributed by atoms with Crippen LogP contribution >= 0.6 is 34.9 Å². The van der Waals surface area contributed by atoms with E-state index in [9.17, 15) is 33.0 Å². The molecule has 4 heterocycles. The van der Waals surface area contributed by atoms with Crippen LogP contribution in [0.4, 0.5) is 5.00 Å². The van der Waals surface area contributed by atoms with Crippen molar-refractivity contribution in [3.63, 3.8) is 0 Å². The van der Waals surface area contributed by atoms with Crippen molar-refractivity contribution in [2.24, 2.45) is 5.41 Å². The summed E-state index contributed by atoms with van der Waals surface area (Å²) in [5, 5.41) is 32.3. The number of thioether (sulfide) groups is 2. The van der Waals surface area contributed by atoms with Gasteiger partial charge < -0.3 is 15.1 Å². The van der Waals surface area contributed by atoms with E-state index in [1.807, 2.05) is 0 Å². The summed E-state index contributed by atoms with van der Waals surface area (Å²) in [6, 6.07) is 2.56. The molecule has 0 bridgehead atoms. The maximum absolute atomic E-state index is 13.1. The number of aromatic nitrogens is 4. The fraction of sp³-hybridized carbons (Fsp3) is 0.529. The summed E-state index contributed by atoms with van der Waals surface area (Å²) in [4.78, 5) is 40.4. The van der Waals surface area contributed by atoms with Gasteiger partial charge in [0, 0.05) is 18.1 Å². The van der Waals surface area contributed by atoms with Gasteiger partial charge in [0.2, 0.25) is 11.1 Å². The Morgan fingerprint density at radius 2 is 2.14 bits per heavy atom. The Labute approximate surface area is 211 Å². The van der Waals surface area contributed by atoms with Gasteiger partial charge >= 0.3 is 5.97 Å². The Morgan fingerprint density at radius 3 is 2.77 bits per heavy atom. The molecular weight excluding hydrogens is 544 g/mol. The predicted molar refractivity (Wildman–Crippen MR) is 126 cm³/mol. The molecule has 0 aliphatic carbocycles. The molecular formula is C17H20N6O8S4. The zero-order valence-corrected chi connectivity index (χ0v) is 21.1. The minimum absolute atomic E-state index is 0.00699. The lowest BCUT2D eigenvalue weighted by atomic mass is 9.89. The first kappa shape index (κ1) is 25.8. The first-order valence-corrected chi connectivity index (χ1v) is 14.5. The summed E-state index contributed by atoms with van der Waals surface area (Å²) in [6.45, 7) is -1.07. The van der Waals surface area contributed by atoms with Crippen molar-refractivity contribution in [1.82, 2.24) is 25.1 Å². The van der Waals surface area contributed by atoms with Crippen LogP contribution in [-0.2, 0) is 31.0 Å². The van der Waals surface area contributed by atoms with E-state index in [4.69, 9.17) is 4.55 Å². The number of aliphatic carboxylic acids is 1. The predicted octanol–water partition coefficient (Wildman–Crippen LogP) is -0.905. The summed E-state index contributed by atoms with van der Waals surface area (Å²) < 4.78 is 32.1. The molecule has 2 amide bonds. The Balaban J connectivity index is 1.47. The molecule has 2 saturated heterocycles. The number of carbonyl (C=O) groups excluding carboxylic acids is 2. The summed E-state index contributed by atoms with van der Waals surface area (Å²) in [5.41, 5.74) is -1.35. The molecule has 3 N–H and O–H groups in total. The number of hydrogen-bond donors (Lipinski definition) is 3. The number of carboxylic acid groups (broad SMARTS) is 1. The third-order valence-corrected chi connectivity index (χ3v) is 9.92. The van der Waals surface area contributed by atoms with E-state index < -0.39 is 57.1 Å². The van der Waals surface area contributed by atoms with Gasteiger partial charge in [0.25, 0.3) is 16.0 Å². The number of aliphatic hydroxyl groups is 1. The standard InChI is InChI=1S/C17H20N6O8S4/c24-6-10(25)23(11-2-1-4-32-11)12-13(26)21-7-17(15(27)28,8-33-14(12)21)9-34-16-18-19-20-22(16)3-5-35(29,30)31/h1-2,4,12,14,24H,3,5-9H2,(H,27,28)(H,29,30,31)/t12?,14-,17?/m1/s1. The van der Waals surface area contributed by atoms with Crippen LogP contribution in [0, 0.1) is 5.41 Å². The molecule has 0 spiro atoms. The quantitative estimate of drug-likeness (QED) is 0.182. The van der Waals surface area contributed by atoms with Gasteiger partial charge in [-0.3, -0.25) is 23.8 Å². The number of nitrogens with zero attached hydrogens (tertiary/aromatic N) is 6. The number of carboxylic acids is 1. The number of carbonyl (C=O) groups is 3. The second-order valence-electron chi connectivity index (χ2n) is 7.83. The van der Waals surface area contributed by atoms with Crippen molar-refractivity contribution in [3.8, 4) is 0 Å². The average molecular weight is 565 g/mol. The number of aliphatic hydroxyl groups excluding tert-OH is 1. The van der Waals surface area contributed by atoms with Crippen LogP contribution in [0.1, 0.15) is 0 Å². The zero-order valence-electron chi connectivity index (χ0n) is 17.8. The molecule has 2 aliphatic rings. The molecule has 2 unspecified atom stereocenters. The first-order valence-electron chi connectivity index (χ1n) is 10.0. The number of thiophene rings is 1. The van der Waals surface area contributed by atoms with Gasteiger partial charge in [0.1, 0.15) is 23.4 Å². The van der Waals surface area contributed by atoms with Gasteiger partial charge in [-0.1, -0.05) is 11.8 Å². The van der Waals surface area contributed by atoms with Crippen molar-refractivity contribution in [2.75, 3.05) is 35.3 Å². The van der Waals surface area contributed by atoms with Crippen LogP contribution in [0.15, 0.2) is 22.7 Å². The normalized spacial score (nSPS) is 24.1. The highest BCUT2D eigenvalue weighted by Gasteiger charge is 2.59. The Kier molecular flexibility index (Phi) is 7.39. The highest BCUT2D eigenvalue weighted by Crippen LogP contribution is 2.46. The highest BCUT2D eigenvalue weighted by atomic mass is 32.2. The van der Waals surface area contributed by atoms with Crippen molar-refractivity contribution in [2.45, 2.75) is 23.1 Å². The minimum Gasteiger partial charge on any atom is -0.481 e. The van der Waals surface area contributed by atoms with Gasteiger partial charge in [-0.25, -0.2) is 4.68 Å². The van der Waals surface area contributed by atoms with Crippen molar-refractivity contribution in [1.29, 1.82) is 0 Å². The minimum atomic E-state index is -4.24.